The average Bonchev–Trinajstić information content (AvgIpc) is 3.23. The number of morpholine rings is 2. The lowest BCUT2D eigenvalue weighted by molar-refractivity contribution is -0.138. The number of benzene rings is 4. The van der Waals surface area contributed by atoms with Crippen molar-refractivity contribution in [1.29, 1.82) is 0 Å². The van der Waals surface area contributed by atoms with Crippen LogP contribution in [0, 0.1) is 0 Å². The van der Waals surface area contributed by atoms with Gasteiger partial charge in [-0.15, -0.1) is 0 Å². The Kier molecular flexibility index (Phi) is 18.8. The van der Waals surface area contributed by atoms with Gasteiger partial charge in [0, 0.05) is 58.4 Å². The number of carbonyl (C=O) groups is 2. The summed E-state index contributed by atoms with van der Waals surface area (Å²) in [5.74, 6) is -0.361. The van der Waals surface area contributed by atoms with E-state index in [0.717, 1.165) is 102 Å². The van der Waals surface area contributed by atoms with Crippen molar-refractivity contribution in [3.8, 4) is 0 Å². The summed E-state index contributed by atoms with van der Waals surface area (Å²) in [6, 6.07) is 26.0. The zero-order valence-electron chi connectivity index (χ0n) is 32.3. The van der Waals surface area contributed by atoms with E-state index in [0.29, 0.717) is 18.7 Å². The number of allylic oxidation sites excluding steroid dienone is 1. The second kappa shape index (κ2) is 23.7. The Balaban J connectivity index is 0.000000215. The zero-order chi connectivity index (χ0) is 42.7. The fraction of sp³-hybridized carbons (Fsp3) is 0.318. The first-order valence-electron chi connectivity index (χ1n) is 18.8. The van der Waals surface area contributed by atoms with Crippen LogP contribution < -0.4 is 11.1 Å². The Morgan fingerprint density at radius 2 is 1.03 bits per heavy atom. The maximum absolute atomic E-state index is 12.7. The molecule has 0 atom stereocenters. The van der Waals surface area contributed by atoms with Crippen LogP contribution in [0.15, 0.2) is 109 Å². The average molecular weight is 845 g/mol. The van der Waals surface area contributed by atoms with Gasteiger partial charge in [0.25, 0.3) is 0 Å². The summed E-state index contributed by atoms with van der Waals surface area (Å²) in [7, 11) is 0. The zero-order valence-corrected chi connectivity index (χ0v) is 33.0. The van der Waals surface area contributed by atoms with Crippen LogP contribution in [0.1, 0.15) is 44.5 Å². The number of hydrogen-bond donors (Lipinski definition) is 2. The quantitative estimate of drug-likeness (QED) is 0.0891. The number of rotatable bonds is 11. The van der Waals surface area contributed by atoms with E-state index in [2.05, 4.69) is 39.4 Å². The molecule has 1 amide bonds. The lowest BCUT2D eigenvalue weighted by atomic mass is 10.1. The highest BCUT2D eigenvalue weighted by Gasteiger charge is 2.31. The highest BCUT2D eigenvalue weighted by atomic mass is 35.5. The van der Waals surface area contributed by atoms with Crippen molar-refractivity contribution in [2.45, 2.75) is 38.5 Å². The molecule has 0 unspecified atom stereocenters. The topological polar surface area (TPSA) is 97.1 Å². The van der Waals surface area contributed by atoms with Crippen molar-refractivity contribution in [3.63, 3.8) is 0 Å². The first kappa shape index (κ1) is 46.9. The van der Waals surface area contributed by atoms with Crippen LogP contribution in [0.2, 0.25) is 0 Å². The summed E-state index contributed by atoms with van der Waals surface area (Å²) in [5.41, 5.74) is 9.37. The van der Waals surface area contributed by atoms with Crippen LogP contribution in [-0.4, -0.2) is 73.6 Å². The second-order valence-corrected chi connectivity index (χ2v) is 13.9. The SMILES string of the molecule is NCc1ccc(CN2CCOCC2)cc1.O=C(/C=C/c1cccc(C(F)(F)F)c1)NCc1ccc(CN2CCOCC2)cc1.O=C(Cl)/C=C/c1cccc(C(F)(F)F)c1. The molecule has 15 heteroatoms. The van der Waals surface area contributed by atoms with Gasteiger partial charge in [0.1, 0.15) is 0 Å². The maximum atomic E-state index is 12.7. The number of alkyl halides is 6. The van der Waals surface area contributed by atoms with Crippen LogP contribution in [-0.2, 0) is 57.6 Å². The van der Waals surface area contributed by atoms with E-state index < -0.39 is 28.7 Å². The second-order valence-electron chi connectivity index (χ2n) is 13.5. The third-order valence-electron chi connectivity index (χ3n) is 9.03. The van der Waals surface area contributed by atoms with E-state index in [4.69, 9.17) is 26.8 Å². The fourth-order valence-electron chi connectivity index (χ4n) is 5.80. The fourth-order valence-corrected chi connectivity index (χ4v) is 5.86. The van der Waals surface area contributed by atoms with Crippen LogP contribution in [0.3, 0.4) is 0 Å². The molecule has 0 radical (unpaired) electrons. The molecule has 2 aliphatic heterocycles. The Morgan fingerprint density at radius 1 is 0.627 bits per heavy atom. The number of amides is 1. The number of halogens is 7. The van der Waals surface area contributed by atoms with Crippen molar-refractivity contribution in [2.24, 2.45) is 5.73 Å². The molecule has 59 heavy (non-hydrogen) atoms. The monoisotopic (exact) mass is 844 g/mol. The summed E-state index contributed by atoms with van der Waals surface area (Å²) >= 11 is 5.01. The predicted octanol–water partition coefficient (Wildman–Crippen LogP) is 8.33. The Bertz CT molecular complexity index is 1960. The Hall–Kier alpha value is -4.83. The van der Waals surface area contributed by atoms with Gasteiger partial charge in [-0.2, -0.15) is 26.3 Å². The minimum Gasteiger partial charge on any atom is -0.379 e. The minimum absolute atomic E-state index is 0.277. The molecular weight excluding hydrogens is 798 g/mol. The molecule has 4 aromatic rings. The summed E-state index contributed by atoms with van der Waals surface area (Å²) in [5, 5.41) is 2.01. The van der Waals surface area contributed by atoms with Gasteiger partial charge in [-0.05, 0) is 81.4 Å². The molecule has 0 aromatic heterocycles. The Labute approximate surface area is 345 Å². The lowest BCUT2D eigenvalue weighted by Gasteiger charge is -2.26. The van der Waals surface area contributed by atoms with Gasteiger partial charge in [0.05, 0.1) is 37.6 Å². The minimum atomic E-state index is -4.40. The van der Waals surface area contributed by atoms with Gasteiger partial charge >= 0.3 is 12.4 Å². The number of carbonyl (C=O) groups excluding carboxylic acids is 2. The Morgan fingerprint density at radius 3 is 1.44 bits per heavy atom. The van der Waals surface area contributed by atoms with Gasteiger partial charge < -0.3 is 20.5 Å². The van der Waals surface area contributed by atoms with E-state index >= 15 is 0 Å². The summed E-state index contributed by atoms with van der Waals surface area (Å²) in [4.78, 5) is 27.1. The molecule has 0 saturated carbocycles. The smallest absolute Gasteiger partial charge is 0.379 e. The van der Waals surface area contributed by atoms with Crippen LogP contribution in [0.25, 0.3) is 12.2 Å². The number of nitrogens with one attached hydrogen (secondary N) is 1. The summed E-state index contributed by atoms with van der Waals surface area (Å²) in [6.07, 6.45) is -3.95. The molecule has 2 saturated heterocycles. The van der Waals surface area contributed by atoms with Gasteiger partial charge in [-0.1, -0.05) is 78.9 Å². The van der Waals surface area contributed by atoms with E-state index in [1.807, 2.05) is 24.3 Å². The number of nitrogens with two attached hydrogens (primary N) is 1. The highest BCUT2D eigenvalue weighted by Crippen LogP contribution is 2.30. The van der Waals surface area contributed by atoms with Gasteiger partial charge in [-0.25, -0.2) is 0 Å². The molecule has 316 valence electrons. The van der Waals surface area contributed by atoms with Crippen LogP contribution in [0.5, 0.6) is 0 Å². The standard InChI is InChI=1S/C22H23F3N2O2.C12H18N2O.C10H6ClF3O/c23-22(24,25)20-3-1-2-17(14-20)8-9-21(28)26-15-18-4-6-19(7-5-18)16-27-10-12-29-13-11-27;13-9-11-1-3-12(4-2-11)10-14-5-7-15-8-6-14;11-9(15)5-4-7-2-1-3-8(6-7)10(12,13)14/h1-9,14H,10-13,15-16H2,(H,26,28);1-4H,5-10,13H2;1-6H/b9-8+;;5-4+. The molecule has 2 aliphatic rings. The number of ether oxygens (including phenoxy) is 2. The summed E-state index contributed by atoms with van der Waals surface area (Å²) < 4.78 is 85.6. The molecule has 0 bridgehead atoms. The molecule has 4 aromatic carbocycles. The van der Waals surface area contributed by atoms with Gasteiger partial charge in [0.2, 0.25) is 11.1 Å². The number of hydrogen-bond acceptors (Lipinski definition) is 7. The molecule has 0 aliphatic carbocycles. The molecule has 2 heterocycles. The molecular formula is C44H47ClF6N4O4. The first-order chi connectivity index (χ1) is 28.2. The third kappa shape index (κ3) is 17.9. The van der Waals surface area contributed by atoms with E-state index in [1.54, 1.807) is 0 Å². The van der Waals surface area contributed by atoms with E-state index in [9.17, 15) is 35.9 Å². The number of nitrogens with zero attached hydrogens (tertiary/aromatic N) is 2. The first-order valence-corrected chi connectivity index (χ1v) is 19.2. The van der Waals surface area contributed by atoms with Crippen molar-refractivity contribution in [1.82, 2.24) is 15.1 Å². The van der Waals surface area contributed by atoms with Crippen LogP contribution in [0.4, 0.5) is 26.3 Å². The highest BCUT2D eigenvalue weighted by molar-refractivity contribution is 6.66. The normalized spacial score (nSPS) is 15.3. The lowest BCUT2D eigenvalue weighted by Crippen LogP contribution is -2.35. The van der Waals surface area contributed by atoms with E-state index in [-0.39, 0.29) is 11.5 Å². The molecule has 0 spiro atoms. The maximum Gasteiger partial charge on any atom is 0.416 e. The van der Waals surface area contributed by atoms with Gasteiger partial charge in [0.15, 0.2) is 0 Å². The summed E-state index contributed by atoms with van der Waals surface area (Å²) in [6.45, 7) is 10.0. The molecule has 3 N–H and O–H groups in total. The molecule has 6 rings (SSSR count). The van der Waals surface area contributed by atoms with Crippen molar-refractivity contribution in [2.75, 3.05) is 52.6 Å². The van der Waals surface area contributed by atoms with Crippen molar-refractivity contribution in [3.05, 3.63) is 154 Å². The van der Waals surface area contributed by atoms with E-state index in [1.165, 1.54) is 59.2 Å². The van der Waals surface area contributed by atoms with Crippen molar-refractivity contribution >= 4 is 34.9 Å². The predicted molar refractivity (Wildman–Crippen MR) is 217 cm³/mol. The van der Waals surface area contributed by atoms with Gasteiger partial charge in [-0.3, -0.25) is 19.4 Å². The van der Waals surface area contributed by atoms with Crippen LogP contribution >= 0.6 is 11.6 Å². The molecule has 2 fully saturated rings. The van der Waals surface area contributed by atoms with Crippen molar-refractivity contribution < 1.29 is 45.4 Å². The molecule has 8 nitrogen and oxygen atoms in total. The largest absolute Gasteiger partial charge is 0.416 e. The third-order valence-corrected chi connectivity index (χ3v) is 9.16.